The van der Waals surface area contributed by atoms with Crippen molar-refractivity contribution >= 4 is 5.69 Å². The molecule has 0 amide bonds. The van der Waals surface area contributed by atoms with E-state index in [1.54, 1.807) is 13.0 Å². The molecule has 78 valence electrons. The maximum absolute atomic E-state index is 11.9. The minimum absolute atomic E-state index is 0.207. The van der Waals surface area contributed by atoms with E-state index in [9.17, 15) is 13.2 Å². The van der Waals surface area contributed by atoms with Crippen LogP contribution >= 0.6 is 0 Å². The van der Waals surface area contributed by atoms with Gasteiger partial charge in [0.15, 0.2) is 5.75 Å². The Balaban J connectivity index is 2.84. The zero-order valence-electron chi connectivity index (χ0n) is 7.56. The van der Waals surface area contributed by atoms with Gasteiger partial charge >= 0.3 is 6.36 Å². The predicted octanol–water partition coefficient (Wildman–Crippen LogP) is 3.02. The number of anilines is 1. The summed E-state index contributed by atoms with van der Waals surface area (Å²) in [5, 5.41) is 2.77. The molecule has 0 aromatic heterocycles. The predicted molar refractivity (Wildman–Crippen MR) is 47.3 cm³/mol. The van der Waals surface area contributed by atoms with Crippen LogP contribution in [0.3, 0.4) is 0 Å². The van der Waals surface area contributed by atoms with Crippen LogP contribution in [0.5, 0.6) is 5.75 Å². The van der Waals surface area contributed by atoms with E-state index in [1.807, 2.05) is 0 Å². The highest BCUT2D eigenvalue weighted by atomic mass is 19.4. The second-order valence-corrected chi connectivity index (χ2v) is 2.57. The van der Waals surface area contributed by atoms with Crippen molar-refractivity contribution in [2.75, 3.05) is 11.9 Å². The molecule has 0 spiro atoms. The van der Waals surface area contributed by atoms with Crippen LogP contribution in [0.15, 0.2) is 24.3 Å². The molecule has 1 N–H and O–H groups in total. The maximum atomic E-state index is 11.9. The first-order valence-electron chi connectivity index (χ1n) is 4.11. The summed E-state index contributed by atoms with van der Waals surface area (Å²) < 4.78 is 39.6. The fourth-order valence-corrected chi connectivity index (χ4v) is 1.02. The molecule has 1 rings (SSSR count). The van der Waals surface area contributed by atoms with Crippen molar-refractivity contribution in [2.24, 2.45) is 0 Å². The maximum Gasteiger partial charge on any atom is 0.573 e. The lowest BCUT2D eigenvalue weighted by atomic mass is 10.3. The molecule has 1 aromatic rings. The SMILES string of the molecule is CCNc1ccccc1OC(F)(F)F. The van der Waals surface area contributed by atoms with Crippen molar-refractivity contribution in [3.63, 3.8) is 0 Å². The number of nitrogens with one attached hydrogen (secondary N) is 1. The van der Waals surface area contributed by atoms with Crippen LogP contribution in [0.25, 0.3) is 0 Å². The Hall–Kier alpha value is -1.39. The Morgan fingerprint density at radius 1 is 1.29 bits per heavy atom. The molecular weight excluding hydrogens is 195 g/mol. The van der Waals surface area contributed by atoms with Gasteiger partial charge in [-0.15, -0.1) is 13.2 Å². The second-order valence-electron chi connectivity index (χ2n) is 2.57. The quantitative estimate of drug-likeness (QED) is 0.818. The number of ether oxygens (including phenoxy) is 1. The van der Waals surface area contributed by atoms with Gasteiger partial charge in [0.05, 0.1) is 5.69 Å². The zero-order valence-corrected chi connectivity index (χ0v) is 7.56. The van der Waals surface area contributed by atoms with Gasteiger partial charge in [-0.25, -0.2) is 0 Å². The first-order valence-corrected chi connectivity index (χ1v) is 4.11. The molecule has 0 atom stereocenters. The van der Waals surface area contributed by atoms with Gasteiger partial charge in [-0.05, 0) is 19.1 Å². The summed E-state index contributed by atoms with van der Waals surface area (Å²) in [6, 6.07) is 5.93. The summed E-state index contributed by atoms with van der Waals surface area (Å²) in [5.74, 6) is -0.207. The molecule has 0 saturated carbocycles. The molecule has 0 radical (unpaired) electrons. The van der Waals surface area contributed by atoms with Crippen molar-refractivity contribution in [2.45, 2.75) is 13.3 Å². The highest BCUT2D eigenvalue weighted by Crippen LogP contribution is 2.29. The average Bonchev–Trinajstić information content (AvgIpc) is 2.06. The number of halogens is 3. The number of alkyl halides is 3. The fourth-order valence-electron chi connectivity index (χ4n) is 1.02. The van der Waals surface area contributed by atoms with E-state index in [0.29, 0.717) is 12.2 Å². The van der Waals surface area contributed by atoms with Crippen LogP contribution in [0, 0.1) is 0 Å². The summed E-state index contributed by atoms with van der Waals surface area (Å²) in [6.45, 7) is 2.34. The first kappa shape index (κ1) is 10.7. The monoisotopic (exact) mass is 205 g/mol. The molecule has 0 saturated heterocycles. The topological polar surface area (TPSA) is 21.3 Å². The van der Waals surface area contributed by atoms with Gasteiger partial charge in [0, 0.05) is 6.54 Å². The zero-order chi connectivity index (χ0) is 10.6. The smallest absolute Gasteiger partial charge is 0.404 e. The lowest BCUT2D eigenvalue weighted by molar-refractivity contribution is -0.274. The van der Waals surface area contributed by atoms with Gasteiger partial charge in [0.1, 0.15) is 0 Å². The summed E-state index contributed by atoms with van der Waals surface area (Å²) in [6.07, 6.45) is -4.65. The number of rotatable bonds is 3. The van der Waals surface area contributed by atoms with Gasteiger partial charge in [0.2, 0.25) is 0 Å². The highest BCUT2D eigenvalue weighted by molar-refractivity contribution is 5.56. The Labute approximate surface area is 79.7 Å². The Kier molecular flexibility index (Phi) is 3.22. The highest BCUT2D eigenvalue weighted by Gasteiger charge is 2.31. The van der Waals surface area contributed by atoms with Crippen molar-refractivity contribution in [3.8, 4) is 5.75 Å². The molecule has 0 aliphatic heterocycles. The minimum Gasteiger partial charge on any atom is -0.404 e. The molecule has 0 bridgehead atoms. The molecule has 14 heavy (non-hydrogen) atoms. The van der Waals surface area contributed by atoms with E-state index in [2.05, 4.69) is 10.1 Å². The third kappa shape index (κ3) is 3.16. The van der Waals surface area contributed by atoms with Crippen LogP contribution < -0.4 is 10.1 Å². The molecule has 0 unspecified atom stereocenters. The fraction of sp³-hybridized carbons (Fsp3) is 0.333. The third-order valence-electron chi connectivity index (χ3n) is 1.48. The first-order chi connectivity index (χ1) is 6.53. The van der Waals surface area contributed by atoms with Crippen molar-refractivity contribution in [3.05, 3.63) is 24.3 Å². The largest absolute Gasteiger partial charge is 0.573 e. The van der Waals surface area contributed by atoms with E-state index in [1.165, 1.54) is 18.2 Å². The van der Waals surface area contributed by atoms with Crippen molar-refractivity contribution < 1.29 is 17.9 Å². The average molecular weight is 205 g/mol. The van der Waals surface area contributed by atoms with E-state index >= 15 is 0 Å². The van der Waals surface area contributed by atoms with Gasteiger partial charge in [-0.1, -0.05) is 12.1 Å². The Bertz CT molecular complexity index is 298. The number of hydrogen-bond donors (Lipinski definition) is 1. The van der Waals surface area contributed by atoms with E-state index < -0.39 is 6.36 Å². The van der Waals surface area contributed by atoms with Gasteiger partial charge in [0.25, 0.3) is 0 Å². The van der Waals surface area contributed by atoms with Crippen LogP contribution in [-0.2, 0) is 0 Å². The summed E-state index contributed by atoms with van der Waals surface area (Å²) in [4.78, 5) is 0. The molecular formula is C9H10F3NO. The lowest BCUT2D eigenvalue weighted by Gasteiger charge is -2.13. The van der Waals surface area contributed by atoms with Crippen molar-refractivity contribution in [1.29, 1.82) is 0 Å². The summed E-state index contributed by atoms with van der Waals surface area (Å²) >= 11 is 0. The molecule has 0 aliphatic carbocycles. The third-order valence-corrected chi connectivity index (χ3v) is 1.48. The van der Waals surface area contributed by atoms with Crippen LogP contribution in [-0.4, -0.2) is 12.9 Å². The van der Waals surface area contributed by atoms with Crippen molar-refractivity contribution in [1.82, 2.24) is 0 Å². The molecule has 5 heteroatoms. The molecule has 0 fully saturated rings. The molecule has 1 aromatic carbocycles. The molecule has 2 nitrogen and oxygen atoms in total. The van der Waals surface area contributed by atoms with E-state index in [-0.39, 0.29) is 5.75 Å². The standard InChI is InChI=1S/C9H10F3NO/c1-2-13-7-5-3-4-6-8(7)14-9(10,11)12/h3-6,13H,2H2,1H3. The number of hydrogen-bond acceptors (Lipinski definition) is 2. The van der Waals surface area contributed by atoms with Crippen LogP contribution in [0.1, 0.15) is 6.92 Å². The summed E-state index contributed by atoms with van der Waals surface area (Å²) in [5.41, 5.74) is 0.340. The van der Waals surface area contributed by atoms with Gasteiger partial charge in [-0.3, -0.25) is 0 Å². The summed E-state index contributed by atoms with van der Waals surface area (Å²) in [7, 11) is 0. The number of para-hydroxylation sites is 2. The van der Waals surface area contributed by atoms with Crippen LogP contribution in [0.4, 0.5) is 18.9 Å². The molecule has 0 aliphatic rings. The minimum atomic E-state index is -4.65. The lowest BCUT2D eigenvalue weighted by Crippen LogP contribution is -2.18. The number of benzene rings is 1. The van der Waals surface area contributed by atoms with E-state index in [0.717, 1.165) is 0 Å². The van der Waals surface area contributed by atoms with Gasteiger partial charge in [-0.2, -0.15) is 0 Å². The second kappa shape index (κ2) is 4.21. The van der Waals surface area contributed by atoms with Crippen LogP contribution in [0.2, 0.25) is 0 Å². The van der Waals surface area contributed by atoms with Gasteiger partial charge < -0.3 is 10.1 Å². The van der Waals surface area contributed by atoms with E-state index in [4.69, 9.17) is 0 Å². The Morgan fingerprint density at radius 3 is 2.50 bits per heavy atom. The Morgan fingerprint density at radius 2 is 1.93 bits per heavy atom. The molecule has 0 heterocycles. The normalized spacial score (nSPS) is 11.1.